The summed E-state index contributed by atoms with van der Waals surface area (Å²) in [6.07, 6.45) is 54.6. The fraction of sp³-hybridized carbons (Fsp3) is 0.653. The lowest BCUT2D eigenvalue weighted by Gasteiger charge is -2.18. The van der Waals surface area contributed by atoms with Gasteiger partial charge in [0.05, 0.1) is 0 Å². The maximum atomic E-state index is 12.7. The van der Waals surface area contributed by atoms with E-state index in [1.54, 1.807) is 0 Å². The van der Waals surface area contributed by atoms with E-state index in [0.717, 1.165) is 51.4 Å². The predicted octanol–water partition coefficient (Wildman–Crippen LogP) is 14.1. The van der Waals surface area contributed by atoms with Gasteiger partial charge in [-0.2, -0.15) is 0 Å². The van der Waals surface area contributed by atoms with Crippen molar-refractivity contribution in [3.8, 4) is 0 Å². The lowest BCUT2D eigenvalue weighted by molar-refractivity contribution is -0.166. The number of rotatable bonds is 38. The Labute approximate surface area is 337 Å². The molecule has 0 spiro atoms. The zero-order valence-electron chi connectivity index (χ0n) is 35.4. The Morgan fingerprint density at radius 1 is 0.382 bits per heavy atom. The van der Waals surface area contributed by atoms with Crippen LogP contribution in [-0.4, -0.2) is 37.2 Å². The number of carbonyl (C=O) groups excluding carboxylic acids is 3. The number of unbranched alkanes of at least 4 members (excludes halogenated alkanes) is 13. The van der Waals surface area contributed by atoms with Gasteiger partial charge in [0, 0.05) is 19.3 Å². The highest BCUT2D eigenvalue weighted by Gasteiger charge is 2.19. The largest absolute Gasteiger partial charge is 0.462 e. The van der Waals surface area contributed by atoms with Crippen molar-refractivity contribution in [3.05, 3.63) is 85.1 Å². The fourth-order valence-electron chi connectivity index (χ4n) is 5.57. The van der Waals surface area contributed by atoms with Gasteiger partial charge in [-0.1, -0.05) is 170 Å². The Bertz CT molecular complexity index is 1110. The minimum absolute atomic E-state index is 0.144. The first-order valence-electron chi connectivity index (χ1n) is 22.1. The highest BCUT2D eigenvalue weighted by molar-refractivity contribution is 5.71. The molecule has 0 saturated carbocycles. The summed E-state index contributed by atoms with van der Waals surface area (Å²) in [6.45, 7) is 6.32. The normalized spacial score (nSPS) is 12.9. The lowest BCUT2D eigenvalue weighted by Crippen LogP contribution is -2.30. The second-order valence-electron chi connectivity index (χ2n) is 14.2. The van der Waals surface area contributed by atoms with Crippen LogP contribution in [0.25, 0.3) is 0 Å². The van der Waals surface area contributed by atoms with E-state index in [0.29, 0.717) is 19.3 Å². The van der Waals surface area contributed by atoms with Gasteiger partial charge in [0.2, 0.25) is 0 Å². The number of hydrogen-bond acceptors (Lipinski definition) is 6. The van der Waals surface area contributed by atoms with Crippen LogP contribution in [0, 0.1) is 0 Å². The number of esters is 3. The Morgan fingerprint density at radius 2 is 0.745 bits per heavy atom. The second kappa shape index (κ2) is 43.3. The first-order valence-corrected chi connectivity index (χ1v) is 22.1. The second-order valence-corrected chi connectivity index (χ2v) is 14.2. The zero-order chi connectivity index (χ0) is 40.1. The monoisotopic (exact) mass is 765 g/mol. The average Bonchev–Trinajstić information content (AvgIpc) is 3.18. The van der Waals surface area contributed by atoms with Crippen LogP contribution in [0.4, 0.5) is 0 Å². The molecule has 0 N–H and O–H groups in total. The van der Waals surface area contributed by atoms with Crippen molar-refractivity contribution < 1.29 is 28.6 Å². The Kier molecular flexibility index (Phi) is 40.6. The van der Waals surface area contributed by atoms with Crippen molar-refractivity contribution in [1.29, 1.82) is 0 Å². The standard InChI is InChI=1S/C49H80O6/c1-4-7-10-13-16-19-22-24-27-30-33-36-39-42-48(51)54-45-46(44-53-47(50)41-38-35-32-29-26-21-18-15-12-9-6-3)55-49(52)43-40-37-34-31-28-25-23-20-17-14-11-8-5-2/h9,12,18,21,24-25,27-29,32-34,36-37,46H,4-8,10-11,13-17,19-20,22-23,26,30-31,35,38-45H2,1-3H3/b12-9-,21-18-,27-24-,28-25-,32-29-,36-33-,37-34-. The Hall–Kier alpha value is -3.41. The maximum absolute atomic E-state index is 12.7. The number of hydrogen-bond donors (Lipinski definition) is 0. The third kappa shape index (κ3) is 41.6. The van der Waals surface area contributed by atoms with E-state index >= 15 is 0 Å². The highest BCUT2D eigenvalue weighted by atomic mass is 16.6. The summed E-state index contributed by atoms with van der Waals surface area (Å²) in [5.74, 6) is -1.14. The molecule has 0 aliphatic rings. The summed E-state index contributed by atoms with van der Waals surface area (Å²) < 4.78 is 16.5. The molecule has 0 bridgehead atoms. The van der Waals surface area contributed by atoms with Crippen LogP contribution >= 0.6 is 0 Å². The molecule has 6 heteroatoms. The molecule has 0 aromatic carbocycles. The van der Waals surface area contributed by atoms with E-state index in [1.807, 2.05) is 12.2 Å². The molecule has 0 saturated heterocycles. The van der Waals surface area contributed by atoms with E-state index in [-0.39, 0.29) is 44.4 Å². The number of allylic oxidation sites excluding steroid dienone is 14. The lowest BCUT2D eigenvalue weighted by atomic mass is 10.1. The van der Waals surface area contributed by atoms with Gasteiger partial charge >= 0.3 is 17.9 Å². The third-order valence-electron chi connectivity index (χ3n) is 8.88. The van der Waals surface area contributed by atoms with Crippen molar-refractivity contribution in [2.75, 3.05) is 13.2 Å². The molecular formula is C49H80O6. The first kappa shape index (κ1) is 51.6. The van der Waals surface area contributed by atoms with Crippen LogP contribution in [-0.2, 0) is 28.6 Å². The van der Waals surface area contributed by atoms with Gasteiger partial charge < -0.3 is 14.2 Å². The smallest absolute Gasteiger partial charge is 0.306 e. The minimum Gasteiger partial charge on any atom is -0.462 e. The van der Waals surface area contributed by atoms with Crippen molar-refractivity contribution >= 4 is 17.9 Å². The molecule has 1 atom stereocenters. The molecule has 0 aliphatic heterocycles. The Balaban J connectivity index is 4.61. The van der Waals surface area contributed by atoms with Crippen molar-refractivity contribution in [2.24, 2.45) is 0 Å². The zero-order valence-corrected chi connectivity index (χ0v) is 35.4. The molecule has 0 fully saturated rings. The van der Waals surface area contributed by atoms with E-state index in [2.05, 4.69) is 93.7 Å². The molecule has 1 unspecified atom stereocenters. The average molecular weight is 765 g/mol. The van der Waals surface area contributed by atoms with Crippen molar-refractivity contribution in [1.82, 2.24) is 0 Å². The predicted molar refractivity (Wildman–Crippen MR) is 233 cm³/mol. The van der Waals surface area contributed by atoms with Crippen molar-refractivity contribution in [3.63, 3.8) is 0 Å². The first-order chi connectivity index (χ1) is 27.0. The summed E-state index contributed by atoms with van der Waals surface area (Å²) in [7, 11) is 0. The summed E-state index contributed by atoms with van der Waals surface area (Å²) in [5.41, 5.74) is 0. The van der Waals surface area contributed by atoms with E-state index in [9.17, 15) is 14.4 Å². The molecule has 0 heterocycles. The molecular weight excluding hydrogens is 685 g/mol. The number of carbonyl (C=O) groups is 3. The van der Waals surface area contributed by atoms with Gasteiger partial charge in [-0.15, -0.1) is 0 Å². The summed E-state index contributed by atoms with van der Waals surface area (Å²) >= 11 is 0. The highest BCUT2D eigenvalue weighted by Crippen LogP contribution is 2.10. The molecule has 55 heavy (non-hydrogen) atoms. The quantitative estimate of drug-likeness (QED) is 0.0270. The molecule has 312 valence electrons. The Morgan fingerprint density at radius 3 is 1.22 bits per heavy atom. The molecule has 6 nitrogen and oxygen atoms in total. The summed E-state index contributed by atoms with van der Waals surface area (Å²) in [6, 6.07) is 0. The van der Waals surface area contributed by atoms with Crippen LogP contribution in [0.3, 0.4) is 0 Å². The minimum atomic E-state index is -0.847. The van der Waals surface area contributed by atoms with E-state index < -0.39 is 12.1 Å². The van der Waals surface area contributed by atoms with Crippen LogP contribution < -0.4 is 0 Å². The SMILES string of the molecule is CC/C=C\C/C=C\C/C=C\CCCC(=O)OCC(COC(=O)CC/C=C\C/C=C\CCCCCCCC)OC(=O)CC/C=C\C/C=C\CCCCCCCC. The molecule has 0 aromatic heterocycles. The molecule has 0 amide bonds. The van der Waals surface area contributed by atoms with E-state index in [4.69, 9.17) is 14.2 Å². The van der Waals surface area contributed by atoms with Crippen LogP contribution in [0.2, 0.25) is 0 Å². The van der Waals surface area contributed by atoms with Crippen LogP contribution in [0.15, 0.2) is 85.1 Å². The van der Waals surface area contributed by atoms with E-state index in [1.165, 1.54) is 77.0 Å². The fourth-order valence-corrected chi connectivity index (χ4v) is 5.57. The van der Waals surface area contributed by atoms with Crippen LogP contribution in [0.1, 0.15) is 188 Å². The topological polar surface area (TPSA) is 78.9 Å². The number of ether oxygens (including phenoxy) is 3. The summed E-state index contributed by atoms with van der Waals surface area (Å²) in [4.78, 5) is 37.6. The summed E-state index contributed by atoms with van der Waals surface area (Å²) in [5, 5.41) is 0. The maximum Gasteiger partial charge on any atom is 0.306 e. The van der Waals surface area contributed by atoms with Gasteiger partial charge in [-0.3, -0.25) is 14.4 Å². The molecule has 0 radical (unpaired) electrons. The van der Waals surface area contributed by atoms with Crippen molar-refractivity contribution in [2.45, 2.75) is 194 Å². The van der Waals surface area contributed by atoms with Gasteiger partial charge in [0.1, 0.15) is 13.2 Å². The van der Waals surface area contributed by atoms with Gasteiger partial charge in [0.15, 0.2) is 6.10 Å². The van der Waals surface area contributed by atoms with Crippen LogP contribution in [0.5, 0.6) is 0 Å². The van der Waals surface area contributed by atoms with Gasteiger partial charge in [-0.05, 0) is 83.5 Å². The molecule has 0 rings (SSSR count). The molecule has 0 aliphatic carbocycles. The van der Waals surface area contributed by atoms with Gasteiger partial charge in [-0.25, -0.2) is 0 Å². The third-order valence-corrected chi connectivity index (χ3v) is 8.88. The molecule has 0 aromatic rings. The van der Waals surface area contributed by atoms with Gasteiger partial charge in [0.25, 0.3) is 0 Å².